The monoisotopic (exact) mass is 534 g/mol. The maximum Gasteiger partial charge on any atom is 0.254 e. The average Bonchev–Trinajstić information content (AvgIpc) is 3.87. The molecule has 0 radical (unpaired) electrons. The first-order valence-corrected chi connectivity index (χ1v) is 13.2. The van der Waals surface area contributed by atoms with E-state index in [0.29, 0.717) is 23.1 Å². The number of amides is 2. The van der Waals surface area contributed by atoms with Gasteiger partial charge < -0.3 is 10.2 Å². The van der Waals surface area contributed by atoms with Crippen LogP contribution in [0.2, 0.25) is 5.02 Å². The van der Waals surface area contributed by atoms with E-state index in [-0.39, 0.29) is 46.1 Å². The number of hydrogen-bond acceptors (Lipinski definition) is 3. The summed E-state index contributed by atoms with van der Waals surface area (Å²) in [6, 6.07) is 15.9. The lowest BCUT2D eigenvalue weighted by atomic mass is 9.99. The number of ketones is 1. The highest BCUT2D eigenvalue weighted by atomic mass is 35.5. The van der Waals surface area contributed by atoms with Crippen LogP contribution in [0.5, 0.6) is 0 Å². The summed E-state index contributed by atoms with van der Waals surface area (Å²) in [5, 5.41) is 2.60. The van der Waals surface area contributed by atoms with Crippen molar-refractivity contribution in [1.29, 1.82) is 0 Å². The molecule has 2 aliphatic carbocycles. The molecule has 1 aliphatic heterocycles. The van der Waals surface area contributed by atoms with Crippen LogP contribution < -0.4 is 5.32 Å². The van der Waals surface area contributed by atoms with Gasteiger partial charge in [-0.1, -0.05) is 54.1 Å². The zero-order valence-corrected chi connectivity index (χ0v) is 21.1. The molecular formula is C30H25ClF2N2O3. The number of benzene rings is 3. The number of nitrogens with one attached hydrogen (secondary N) is 1. The van der Waals surface area contributed by atoms with Gasteiger partial charge in [-0.2, -0.15) is 0 Å². The molecule has 1 N–H and O–H groups in total. The Labute approximate surface area is 223 Å². The van der Waals surface area contributed by atoms with Gasteiger partial charge in [-0.25, -0.2) is 8.78 Å². The Morgan fingerprint density at radius 2 is 1.58 bits per heavy atom. The van der Waals surface area contributed by atoms with Gasteiger partial charge >= 0.3 is 0 Å². The molecule has 1 saturated heterocycles. The lowest BCUT2D eigenvalue weighted by molar-refractivity contribution is -0.126. The predicted octanol–water partition coefficient (Wildman–Crippen LogP) is 5.72. The van der Waals surface area contributed by atoms with Gasteiger partial charge in [0, 0.05) is 28.3 Å². The summed E-state index contributed by atoms with van der Waals surface area (Å²) >= 11 is 5.73. The summed E-state index contributed by atoms with van der Waals surface area (Å²) in [5.41, 5.74) is 1.32. The van der Waals surface area contributed by atoms with E-state index in [0.717, 1.165) is 31.4 Å². The number of halogens is 3. The fourth-order valence-electron chi connectivity index (χ4n) is 5.59. The van der Waals surface area contributed by atoms with Gasteiger partial charge in [0.1, 0.15) is 17.7 Å². The number of nitrogens with zero attached hydrogens (tertiary/aromatic N) is 1. The van der Waals surface area contributed by atoms with E-state index in [1.807, 2.05) is 6.07 Å². The van der Waals surface area contributed by atoms with Crippen molar-refractivity contribution >= 4 is 29.2 Å². The molecule has 4 atom stereocenters. The quantitative estimate of drug-likeness (QED) is 0.311. The molecule has 2 saturated carbocycles. The predicted molar refractivity (Wildman–Crippen MR) is 138 cm³/mol. The van der Waals surface area contributed by atoms with Gasteiger partial charge in [0.2, 0.25) is 5.91 Å². The van der Waals surface area contributed by atoms with Crippen LogP contribution in [0, 0.1) is 23.5 Å². The number of rotatable bonds is 7. The first-order valence-electron chi connectivity index (χ1n) is 12.8. The Balaban J connectivity index is 1.23. The molecule has 3 aromatic rings. The summed E-state index contributed by atoms with van der Waals surface area (Å²) in [7, 11) is 0. The zero-order chi connectivity index (χ0) is 26.6. The normalized spacial score (nSPS) is 22.5. The van der Waals surface area contributed by atoms with Gasteiger partial charge in [-0.3, -0.25) is 14.4 Å². The van der Waals surface area contributed by atoms with Gasteiger partial charge in [0.15, 0.2) is 5.78 Å². The molecule has 2 amide bonds. The van der Waals surface area contributed by atoms with E-state index in [2.05, 4.69) is 5.32 Å². The Kier molecular flexibility index (Phi) is 6.26. The standard InChI is InChI=1S/C30H25ClF2N2O3/c31-22-15-23(32)21(14-24(22)33)27(16-9-10-16)34-29(37)26-13-20-12-25(20)35(26)30(38)19-8-4-7-18(11-19)28(36)17-5-2-1-3-6-17/h1-8,11,14-16,20,25-27H,9-10,12-13H2,(H,34,37)/t20-,25-,26-,27?/m1/s1. The lowest BCUT2D eigenvalue weighted by Crippen LogP contribution is -2.49. The highest BCUT2D eigenvalue weighted by Crippen LogP contribution is 2.49. The molecule has 0 spiro atoms. The van der Waals surface area contributed by atoms with E-state index in [9.17, 15) is 23.2 Å². The lowest BCUT2D eigenvalue weighted by Gasteiger charge is -2.29. The maximum absolute atomic E-state index is 14.7. The van der Waals surface area contributed by atoms with Gasteiger partial charge in [0.25, 0.3) is 5.91 Å². The third-order valence-corrected chi connectivity index (χ3v) is 8.10. The second-order valence-corrected chi connectivity index (χ2v) is 10.8. The molecular weight excluding hydrogens is 510 g/mol. The summed E-state index contributed by atoms with van der Waals surface area (Å²) in [6.07, 6.45) is 2.91. The van der Waals surface area contributed by atoms with Crippen molar-refractivity contribution in [2.75, 3.05) is 0 Å². The van der Waals surface area contributed by atoms with E-state index in [1.165, 1.54) is 0 Å². The van der Waals surface area contributed by atoms with Crippen molar-refractivity contribution in [1.82, 2.24) is 10.2 Å². The number of piperidine rings is 1. The Morgan fingerprint density at radius 3 is 2.32 bits per heavy atom. The van der Waals surface area contributed by atoms with E-state index in [1.54, 1.807) is 53.4 Å². The Hall–Kier alpha value is -3.58. The number of fused-ring (bicyclic) bond motifs is 1. The number of likely N-dealkylation sites (tertiary alicyclic amines) is 1. The first kappa shape index (κ1) is 24.7. The van der Waals surface area contributed by atoms with E-state index < -0.39 is 23.7 Å². The van der Waals surface area contributed by atoms with Crippen molar-refractivity contribution in [3.05, 3.63) is 106 Å². The van der Waals surface area contributed by atoms with Crippen LogP contribution in [0.4, 0.5) is 8.78 Å². The van der Waals surface area contributed by atoms with Crippen LogP contribution >= 0.6 is 11.6 Å². The molecule has 3 aliphatic rings. The molecule has 3 aromatic carbocycles. The zero-order valence-electron chi connectivity index (χ0n) is 20.4. The molecule has 8 heteroatoms. The van der Waals surface area contributed by atoms with Gasteiger partial charge in [0.05, 0.1) is 11.1 Å². The van der Waals surface area contributed by atoms with Crippen molar-refractivity contribution in [2.24, 2.45) is 11.8 Å². The first-order chi connectivity index (χ1) is 18.3. The molecule has 6 rings (SSSR count). The van der Waals surface area contributed by atoms with Crippen LogP contribution in [0.3, 0.4) is 0 Å². The van der Waals surface area contributed by atoms with Crippen LogP contribution in [0.1, 0.15) is 63.6 Å². The summed E-state index contributed by atoms with van der Waals surface area (Å²) < 4.78 is 28.9. The summed E-state index contributed by atoms with van der Waals surface area (Å²) in [6.45, 7) is 0. The van der Waals surface area contributed by atoms with Crippen LogP contribution in [-0.2, 0) is 4.79 Å². The fraction of sp³-hybridized carbons (Fsp3) is 0.300. The van der Waals surface area contributed by atoms with E-state index in [4.69, 9.17) is 11.6 Å². The molecule has 0 aromatic heterocycles. The molecule has 194 valence electrons. The molecule has 38 heavy (non-hydrogen) atoms. The second-order valence-electron chi connectivity index (χ2n) is 10.4. The summed E-state index contributed by atoms with van der Waals surface area (Å²) in [5.74, 6) is -2.08. The van der Waals surface area contributed by atoms with E-state index >= 15 is 0 Å². The second kappa shape index (κ2) is 9.62. The summed E-state index contributed by atoms with van der Waals surface area (Å²) in [4.78, 5) is 41.7. The molecule has 5 nitrogen and oxygen atoms in total. The van der Waals surface area contributed by atoms with Crippen molar-refractivity contribution in [3.63, 3.8) is 0 Å². The Morgan fingerprint density at radius 1 is 0.868 bits per heavy atom. The van der Waals surface area contributed by atoms with Gasteiger partial charge in [-0.05, 0) is 61.8 Å². The third-order valence-electron chi connectivity index (χ3n) is 7.82. The SMILES string of the molecule is O=C(c1ccccc1)c1cccc(C(=O)N2[C@@H](C(=O)NC(c3cc(F)c(Cl)cc3F)C3CC3)C[C@H]3C[C@H]32)c1. The highest BCUT2D eigenvalue weighted by molar-refractivity contribution is 6.30. The van der Waals surface area contributed by atoms with Crippen LogP contribution in [0.15, 0.2) is 66.7 Å². The van der Waals surface area contributed by atoms with Crippen LogP contribution in [0.25, 0.3) is 0 Å². The maximum atomic E-state index is 14.7. The number of carbonyl (C=O) groups is 3. The smallest absolute Gasteiger partial charge is 0.254 e. The molecule has 0 bridgehead atoms. The molecule has 1 unspecified atom stereocenters. The van der Waals surface area contributed by atoms with Crippen molar-refractivity contribution in [2.45, 2.75) is 43.8 Å². The van der Waals surface area contributed by atoms with Crippen molar-refractivity contribution in [3.8, 4) is 0 Å². The van der Waals surface area contributed by atoms with Gasteiger partial charge in [-0.15, -0.1) is 0 Å². The van der Waals surface area contributed by atoms with Crippen molar-refractivity contribution < 1.29 is 23.2 Å². The average molecular weight is 535 g/mol. The number of carbonyl (C=O) groups excluding carboxylic acids is 3. The largest absolute Gasteiger partial charge is 0.347 e. The molecule has 3 fully saturated rings. The Bertz CT molecular complexity index is 1440. The minimum Gasteiger partial charge on any atom is -0.347 e. The topological polar surface area (TPSA) is 66.5 Å². The van der Waals surface area contributed by atoms with Crippen LogP contribution in [-0.4, -0.2) is 34.6 Å². The number of hydrogen-bond donors (Lipinski definition) is 1. The third kappa shape index (κ3) is 4.60. The molecule has 1 heterocycles. The highest BCUT2D eigenvalue weighted by Gasteiger charge is 2.56. The minimum absolute atomic E-state index is 0.00482. The minimum atomic E-state index is -0.744. The fourth-order valence-corrected chi connectivity index (χ4v) is 5.74.